The van der Waals surface area contributed by atoms with Crippen LogP contribution in [0.4, 0.5) is 0 Å². The molecule has 0 radical (unpaired) electrons. The lowest BCUT2D eigenvalue weighted by molar-refractivity contribution is 0.373. The summed E-state index contributed by atoms with van der Waals surface area (Å²) in [5, 5.41) is 13.6. The molecule has 0 fully saturated rings. The van der Waals surface area contributed by atoms with E-state index in [2.05, 4.69) is 9.93 Å². The quantitative estimate of drug-likeness (QED) is 0.619. The Kier molecular flexibility index (Phi) is 5.61. The van der Waals surface area contributed by atoms with Gasteiger partial charge in [0.25, 0.3) is 10.0 Å². The van der Waals surface area contributed by atoms with Crippen LogP contribution in [-0.4, -0.2) is 26.8 Å². The number of phenols is 1. The molecule has 0 saturated carbocycles. The van der Waals surface area contributed by atoms with Crippen LogP contribution in [0.2, 0.25) is 0 Å². The Morgan fingerprint density at radius 2 is 1.85 bits per heavy atom. The summed E-state index contributed by atoms with van der Waals surface area (Å²) in [6.45, 7) is 7.81. The van der Waals surface area contributed by atoms with Crippen LogP contribution in [0.1, 0.15) is 37.5 Å². The number of aryl methyl sites for hydroxylation is 1. The number of nitrogens with one attached hydrogen (secondary N) is 1. The lowest BCUT2D eigenvalue weighted by atomic mass is 9.87. The molecule has 26 heavy (non-hydrogen) atoms. The van der Waals surface area contributed by atoms with Gasteiger partial charge in [0.05, 0.1) is 18.2 Å². The molecule has 0 aliphatic carbocycles. The van der Waals surface area contributed by atoms with Gasteiger partial charge in [0.1, 0.15) is 0 Å². The molecule has 2 aromatic carbocycles. The smallest absolute Gasteiger partial charge is 0.276 e. The maximum absolute atomic E-state index is 12.6. The molecule has 140 valence electrons. The second-order valence-corrected chi connectivity index (χ2v) is 8.64. The van der Waals surface area contributed by atoms with E-state index >= 15 is 0 Å². The van der Waals surface area contributed by atoms with Crippen molar-refractivity contribution in [2.45, 2.75) is 38.0 Å². The molecular weight excluding hydrogens is 352 g/mol. The average Bonchev–Trinajstić information content (AvgIpc) is 2.54. The van der Waals surface area contributed by atoms with Gasteiger partial charge >= 0.3 is 0 Å². The van der Waals surface area contributed by atoms with Crippen molar-refractivity contribution in [3.05, 3.63) is 53.1 Å². The molecule has 0 aliphatic rings. The van der Waals surface area contributed by atoms with Crippen LogP contribution in [0, 0.1) is 6.92 Å². The standard InChI is InChI=1S/C19H24N2O4S/c1-13-6-8-15(19(2,3)4)11-18(13)26(23,24)21-20-12-14-7-9-17(25-5)16(22)10-14/h6-12,21-22H,1-5H3/b20-12+. The molecule has 0 bridgehead atoms. The van der Waals surface area contributed by atoms with Crippen LogP contribution < -0.4 is 9.57 Å². The van der Waals surface area contributed by atoms with Gasteiger partial charge in [-0.3, -0.25) is 0 Å². The van der Waals surface area contributed by atoms with Crippen LogP contribution in [0.3, 0.4) is 0 Å². The fourth-order valence-corrected chi connectivity index (χ4v) is 3.43. The predicted molar refractivity (Wildman–Crippen MR) is 102 cm³/mol. The summed E-state index contributed by atoms with van der Waals surface area (Å²) >= 11 is 0. The first kappa shape index (κ1) is 19.8. The summed E-state index contributed by atoms with van der Waals surface area (Å²) < 4.78 is 30.2. The number of ether oxygens (including phenoxy) is 1. The summed E-state index contributed by atoms with van der Waals surface area (Å²) in [5.41, 5.74) is 1.93. The van der Waals surface area contributed by atoms with E-state index in [-0.39, 0.29) is 16.1 Å². The fourth-order valence-electron chi connectivity index (χ4n) is 2.36. The van der Waals surface area contributed by atoms with Crippen LogP contribution >= 0.6 is 0 Å². The van der Waals surface area contributed by atoms with E-state index < -0.39 is 10.0 Å². The van der Waals surface area contributed by atoms with E-state index in [4.69, 9.17) is 4.74 Å². The van der Waals surface area contributed by atoms with E-state index in [0.29, 0.717) is 16.9 Å². The van der Waals surface area contributed by atoms with Crippen molar-refractivity contribution in [2.75, 3.05) is 7.11 Å². The first-order chi connectivity index (χ1) is 12.0. The number of hydrogen-bond donors (Lipinski definition) is 2. The SMILES string of the molecule is COc1ccc(/C=N/NS(=O)(=O)c2cc(C(C)(C)C)ccc2C)cc1O. The first-order valence-electron chi connectivity index (χ1n) is 8.07. The molecule has 0 atom stereocenters. The van der Waals surface area contributed by atoms with E-state index in [0.717, 1.165) is 5.56 Å². The number of methoxy groups -OCH3 is 1. The van der Waals surface area contributed by atoms with Crippen molar-refractivity contribution in [3.8, 4) is 11.5 Å². The van der Waals surface area contributed by atoms with E-state index in [9.17, 15) is 13.5 Å². The van der Waals surface area contributed by atoms with Crippen LogP contribution in [0.25, 0.3) is 0 Å². The maximum Gasteiger partial charge on any atom is 0.276 e. The minimum Gasteiger partial charge on any atom is -0.504 e. The van der Waals surface area contributed by atoms with Gasteiger partial charge in [-0.15, -0.1) is 0 Å². The summed E-state index contributed by atoms with van der Waals surface area (Å²) in [7, 11) is -2.35. The van der Waals surface area contributed by atoms with Gasteiger partial charge in [-0.2, -0.15) is 13.5 Å². The molecule has 7 heteroatoms. The van der Waals surface area contributed by atoms with Gasteiger partial charge in [-0.1, -0.05) is 32.9 Å². The van der Waals surface area contributed by atoms with Gasteiger partial charge < -0.3 is 9.84 Å². The Balaban J connectivity index is 2.25. The van der Waals surface area contributed by atoms with Crippen molar-refractivity contribution in [2.24, 2.45) is 5.10 Å². The van der Waals surface area contributed by atoms with Gasteiger partial charge in [0.2, 0.25) is 0 Å². The minimum absolute atomic E-state index is 0.0481. The van der Waals surface area contributed by atoms with Gasteiger partial charge in [-0.25, -0.2) is 4.83 Å². The van der Waals surface area contributed by atoms with Crippen molar-refractivity contribution < 1.29 is 18.3 Å². The third-order valence-electron chi connectivity index (χ3n) is 3.93. The molecule has 2 aromatic rings. The average molecular weight is 376 g/mol. The molecule has 0 spiro atoms. The van der Waals surface area contributed by atoms with Crippen molar-refractivity contribution in [1.82, 2.24) is 4.83 Å². The highest BCUT2D eigenvalue weighted by Gasteiger charge is 2.21. The zero-order valence-electron chi connectivity index (χ0n) is 15.6. The number of hydrogen-bond acceptors (Lipinski definition) is 5. The molecule has 0 aromatic heterocycles. The Labute approximate surface area is 154 Å². The highest BCUT2D eigenvalue weighted by molar-refractivity contribution is 7.89. The third-order valence-corrected chi connectivity index (χ3v) is 5.30. The number of phenolic OH excluding ortho intramolecular Hbond substituents is 1. The molecule has 0 amide bonds. The van der Waals surface area contributed by atoms with Crippen molar-refractivity contribution in [1.29, 1.82) is 0 Å². The molecule has 2 rings (SSSR count). The molecule has 0 heterocycles. The molecule has 2 N–H and O–H groups in total. The normalized spacial score (nSPS) is 12.3. The monoisotopic (exact) mass is 376 g/mol. The second-order valence-electron chi connectivity index (χ2n) is 7.01. The number of nitrogens with zero attached hydrogens (tertiary/aromatic N) is 1. The highest BCUT2D eigenvalue weighted by atomic mass is 32.2. The fraction of sp³-hybridized carbons (Fsp3) is 0.316. The number of rotatable bonds is 5. The highest BCUT2D eigenvalue weighted by Crippen LogP contribution is 2.27. The lowest BCUT2D eigenvalue weighted by Crippen LogP contribution is -2.21. The number of aromatic hydroxyl groups is 1. The summed E-state index contributed by atoms with van der Waals surface area (Å²) in [5.74, 6) is 0.283. The van der Waals surface area contributed by atoms with E-state index in [1.54, 1.807) is 31.2 Å². The Morgan fingerprint density at radius 1 is 1.15 bits per heavy atom. The Morgan fingerprint density at radius 3 is 2.42 bits per heavy atom. The molecule has 0 aliphatic heterocycles. The number of hydrazone groups is 1. The summed E-state index contributed by atoms with van der Waals surface area (Å²) in [4.78, 5) is 2.41. The second kappa shape index (κ2) is 7.37. The van der Waals surface area contributed by atoms with Crippen LogP contribution in [0.15, 0.2) is 46.4 Å². The van der Waals surface area contributed by atoms with E-state index in [1.807, 2.05) is 26.8 Å². The number of sulfonamides is 1. The number of benzene rings is 2. The summed E-state index contributed by atoms with van der Waals surface area (Å²) in [6.07, 6.45) is 1.32. The zero-order valence-corrected chi connectivity index (χ0v) is 16.4. The topological polar surface area (TPSA) is 88.0 Å². The van der Waals surface area contributed by atoms with Gasteiger partial charge in [0, 0.05) is 0 Å². The first-order valence-corrected chi connectivity index (χ1v) is 9.56. The Bertz CT molecular complexity index is 929. The molecule has 0 unspecified atom stereocenters. The minimum atomic E-state index is -3.80. The molecular formula is C19H24N2O4S. The van der Waals surface area contributed by atoms with E-state index in [1.165, 1.54) is 19.4 Å². The zero-order chi connectivity index (χ0) is 19.5. The third kappa shape index (κ3) is 4.54. The predicted octanol–water partition coefficient (Wildman–Crippen LogP) is 3.32. The van der Waals surface area contributed by atoms with Crippen LogP contribution in [-0.2, 0) is 15.4 Å². The molecule has 6 nitrogen and oxygen atoms in total. The van der Waals surface area contributed by atoms with Crippen molar-refractivity contribution >= 4 is 16.2 Å². The van der Waals surface area contributed by atoms with Gasteiger partial charge in [-0.05, 0) is 53.3 Å². The Hall–Kier alpha value is -2.54. The van der Waals surface area contributed by atoms with Gasteiger partial charge in [0.15, 0.2) is 11.5 Å². The lowest BCUT2D eigenvalue weighted by Gasteiger charge is -2.20. The van der Waals surface area contributed by atoms with Crippen molar-refractivity contribution in [3.63, 3.8) is 0 Å². The largest absolute Gasteiger partial charge is 0.504 e. The maximum atomic E-state index is 12.6. The van der Waals surface area contributed by atoms with Crippen LogP contribution in [0.5, 0.6) is 11.5 Å². The molecule has 0 saturated heterocycles. The summed E-state index contributed by atoms with van der Waals surface area (Å²) in [6, 6.07) is 10.1.